The van der Waals surface area contributed by atoms with Gasteiger partial charge >= 0.3 is 5.97 Å². The molecule has 1 amide bonds. The quantitative estimate of drug-likeness (QED) is 0.834. The van der Waals surface area contributed by atoms with Crippen LogP contribution in [0.25, 0.3) is 6.08 Å². The molecule has 0 fully saturated rings. The van der Waals surface area contributed by atoms with E-state index in [-0.39, 0.29) is 11.5 Å². The number of benzene rings is 1. The Bertz CT molecular complexity index is 464. The van der Waals surface area contributed by atoms with Crippen LogP contribution in [0.15, 0.2) is 24.3 Å². The Kier molecular flexibility index (Phi) is 4.46. The van der Waals surface area contributed by atoms with E-state index >= 15 is 0 Å². The van der Waals surface area contributed by atoms with E-state index in [1.165, 1.54) is 6.92 Å². The monoisotopic (exact) mass is 233 g/mol. The largest absolute Gasteiger partial charge is 0.478 e. The third-order valence-electron chi connectivity index (χ3n) is 2.31. The third-order valence-corrected chi connectivity index (χ3v) is 2.31. The molecule has 0 aromatic heterocycles. The molecule has 0 saturated heterocycles. The number of rotatable bonds is 4. The summed E-state index contributed by atoms with van der Waals surface area (Å²) in [6.45, 7) is 3.68. The van der Waals surface area contributed by atoms with Gasteiger partial charge in [-0.05, 0) is 24.1 Å². The van der Waals surface area contributed by atoms with Crippen molar-refractivity contribution < 1.29 is 14.7 Å². The summed E-state index contributed by atoms with van der Waals surface area (Å²) < 4.78 is 0. The standard InChI is InChI=1S/C13H15NO3/c1-9-5-3-6-12(13(16)17)11(9)7-4-8-14-10(2)15/h3-7H,8H2,1-2H3,(H,14,15)(H,16,17). The Morgan fingerprint density at radius 3 is 2.71 bits per heavy atom. The molecule has 1 aromatic rings. The van der Waals surface area contributed by atoms with Gasteiger partial charge in [0.1, 0.15) is 0 Å². The molecule has 0 radical (unpaired) electrons. The number of carboxylic acids is 1. The first-order valence-electron chi connectivity index (χ1n) is 5.26. The average molecular weight is 233 g/mol. The van der Waals surface area contributed by atoms with Gasteiger partial charge in [0.05, 0.1) is 5.56 Å². The number of aromatic carboxylic acids is 1. The number of aryl methyl sites for hydroxylation is 1. The van der Waals surface area contributed by atoms with Crippen LogP contribution in [0.2, 0.25) is 0 Å². The fourth-order valence-corrected chi connectivity index (χ4v) is 1.47. The van der Waals surface area contributed by atoms with Gasteiger partial charge in [-0.25, -0.2) is 4.79 Å². The molecule has 0 atom stereocenters. The Hall–Kier alpha value is -2.10. The maximum absolute atomic E-state index is 11.0. The van der Waals surface area contributed by atoms with Gasteiger partial charge in [-0.2, -0.15) is 0 Å². The van der Waals surface area contributed by atoms with Crippen molar-refractivity contribution in [2.45, 2.75) is 13.8 Å². The van der Waals surface area contributed by atoms with E-state index in [0.717, 1.165) is 5.56 Å². The van der Waals surface area contributed by atoms with Crippen molar-refractivity contribution in [2.75, 3.05) is 6.54 Å². The van der Waals surface area contributed by atoms with E-state index in [4.69, 9.17) is 5.11 Å². The van der Waals surface area contributed by atoms with Crippen LogP contribution in [0.1, 0.15) is 28.4 Å². The molecule has 0 unspecified atom stereocenters. The molecular formula is C13H15NO3. The molecule has 0 spiro atoms. The van der Waals surface area contributed by atoms with Crippen molar-refractivity contribution in [2.24, 2.45) is 0 Å². The van der Waals surface area contributed by atoms with Crippen LogP contribution in [-0.2, 0) is 4.79 Å². The molecule has 2 N–H and O–H groups in total. The zero-order valence-corrected chi connectivity index (χ0v) is 9.86. The van der Waals surface area contributed by atoms with Gasteiger partial charge in [0.25, 0.3) is 0 Å². The van der Waals surface area contributed by atoms with Crippen LogP contribution >= 0.6 is 0 Å². The molecule has 0 aliphatic carbocycles. The second-order valence-corrected chi connectivity index (χ2v) is 3.68. The van der Waals surface area contributed by atoms with E-state index in [2.05, 4.69) is 5.32 Å². The molecule has 0 bridgehead atoms. The summed E-state index contributed by atoms with van der Waals surface area (Å²) in [7, 11) is 0. The highest BCUT2D eigenvalue weighted by Gasteiger charge is 2.08. The van der Waals surface area contributed by atoms with Crippen LogP contribution in [0, 0.1) is 6.92 Å². The van der Waals surface area contributed by atoms with Crippen LogP contribution in [0.3, 0.4) is 0 Å². The fourth-order valence-electron chi connectivity index (χ4n) is 1.47. The third kappa shape index (κ3) is 3.75. The van der Waals surface area contributed by atoms with Gasteiger partial charge in [-0.1, -0.05) is 24.3 Å². The van der Waals surface area contributed by atoms with Gasteiger partial charge in [0.2, 0.25) is 5.91 Å². The zero-order chi connectivity index (χ0) is 12.8. The van der Waals surface area contributed by atoms with E-state index in [0.29, 0.717) is 12.1 Å². The number of amides is 1. The summed E-state index contributed by atoms with van der Waals surface area (Å²) in [5.74, 6) is -1.06. The number of nitrogens with one attached hydrogen (secondary N) is 1. The maximum Gasteiger partial charge on any atom is 0.336 e. The average Bonchev–Trinajstić information content (AvgIpc) is 2.25. The number of hydrogen-bond acceptors (Lipinski definition) is 2. The normalized spacial score (nSPS) is 10.5. The molecule has 0 aliphatic heterocycles. The highest BCUT2D eigenvalue weighted by Crippen LogP contribution is 2.15. The summed E-state index contributed by atoms with van der Waals surface area (Å²) >= 11 is 0. The zero-order valence-electron chi connectivity index (χ0n) is 9.86. The molecule has 4 nitrogen and oxygen atoms in total. The lowest BCUT2D eigenvalue weighted by Crippen LogP contribution is -2.19. The lowest BCUT2D eigenvalue weighted by atomic mass is 10.0. The van der Waals surface area contributed by atoms with Crippen molar-refractivity contribution in [1.29, 1.82) is 0 Å². The van der Waals surface area contributed by atoms with Crippen LogP contribution in [0.4, 0.5) is 0 Å². The number of carboxylic acid groups (broad SMARTS) is 1. The molecule has 4 heteroatoms. The van der Waals surface area contributed by atoms with Crippen molar-refractivity contribution >= 4 is 18.0 Å². The van der Waals surface area contributed by atoms with Crippen LogP contribution < -0.4 is 5.32 Å². The van der Waals surface area contributed by atoms with Gasteiger partial charge in [0, 0.05) is 13.5 Å². The summed E-state index contributed by atoms with van der Waals surface area (Å²) in [5.41, 5.74) is 1.83. The van der Waals surface area contributed by atoms with E-state index in [1.807, 2.05) is 13.0 Å². The van der Waals surface area contributed by atoms with Crippen LogP contribution in [0.5, 0.6) is 0 Å². The highest BCUT2D eigenvalue weighted by molar-refractivity contribution is 5.92. The van der Waals surface area contributed by atoms with Crippen molar-refractivity contribution in [3.8, 4) is 0 Å². The molecule has 1 aromatic carbocycles. The van der Waals surface area contributed by atoms with Gasteiger partial charge in [-0.15, -0.1) is 0 Å². The fraction of sp³-hybridized carbons (Fsp3) is 0.231. The Morgan fingerprint density at radius 2 is 2.12 bits per heavy atom. The molecule has 0 saturated carbocycles. The Labute approximate surface area is 100.0 Å². The molecule has 1 rings (SSSR count). The minimum Gasteiger partial charge on any atom is -0.478 e. The van der Waals surface area contributed by atoms with E-state index < -0.39 is 5.97 Å². The molecule has 17 heavy (non-hydrogen) atoms. The first kappa shape index (κ1) is 13.0. The van der Waals surface area contributed by atoms with Gasteiger partial charge in [0.15, 0.2) is 0 Å². The maximum atomic E-state index is 11.0. The minimum atomic E-state index is -0.951. The smallest absolute Gasteiger partial charge is 0.336 e. The second-order valence-electron chi connectivity index (χ2n) is 3.68. The summed E-state index contributed by atoms with van der Waals surface area (Å²) in [4.78, 5) is 21.7. The topological polar surface area (TPSA) is 66.4 Å². The summed E-state index contributed by atoms with van der Waals surface area (Å²) in [6.07, 6.45) is 3.45. The SMILES string of the molecule is CC(=O)NCC=Cc1c(C)cccc1C(=O)O. The molecule has 0 aliphatic rings. The van der Waals surface area contributed by atoms with Crippen molar-refractivity contribution in [1.82, 2.24) is 5.32 Å². The predicted octanol–water partition coefficient (Wildman–Crippen LogP) is 1.84. The first-order valence-corrected chi connectivity index (χ1v) is 5.26. The molecular weight excluding hydrogens is 218 g/mol. The predicted molar refractivity (Wildman–Crippen MR) is 65.9 cm³/mol. The van der Waals surface area contributed by atoms with Crippen LogP contribution in [-0.4, -0.2) is 23.5 Å². The molecule has 0 heterocycles. The Morgan fingerprint density at radius 1 is 1.41 bits per heavy atom. The summed E-state index contributed by atoms with van der Waals surface area (Å²) in [6, 6.07) is 5.13. The van der Waals surface area contributed by atoms with E-state index in [9.17, 15) is 9.59 Å². The number of carbonyl (C=O) groups is 2. The van der Waals surface area contributed by atoms with Gasteiger partial charge in [-0.3, -0.25) is 4.79 Å². The van der Waals surface area contributed by atoms with Gasteiger partial charge < -0.3 is 10.4 Å². The highest BCUT2D eigenvalue weighted by atomic mass is 16.4. The number of carbonyl (C=O) groups excluding carboxylic acids is 1. The second kappa shape index (κ2) is 5.84. The molecule has 90 valence electrons. The Balaban J connectivity index is 2.89. The minimum absolute atomic E-state index is 0.113. The number of hydrogen-bond donors (Lipinski definition) is 2. The lowest BCUT2D eigenvalue weighted by Gasteiger charge is -2.05. The van der Waals surface area contributed by atoms with Crippen molar-refractivity contribution in [3.05, 3.63) is 41.0 Å². The first-order chi connectivity index (χ1) is 8.02. The van der Waals surface area contributed by atoms with Crippen molar-refractivity contribution in [3.63, 3.8) is 0 Å². The van der Waals surface area contributed by atoms with E-state index in [1.54, 1.807) is 24.3 Å². The summed E-state index contributed by atoms with van der Waals surface area (Å²) in [5, 5.41) is 11.6. The lowest BCUT2D eigenvalue weighted by molar-refractivity contribution is -0.118.